The smallest absolute Gasteiger partial charge is 0.235 e. The molecule has 0 spiro atoms. The van der Waals surface area contributed by atoms with Gasteiger partial charge in [0.2, 0.25) is 5.91 Å². The van der Waals surface area contributed by atoms with Crippen molar-refractivity contribution < 1.29 is 9.90 Å². The number of hydrogen-bond donors (Lipinski definition) is 3. The Morgan fingerprint density at radius 1 is 1.47 bits per heavy atom. The van der Waals surface area contributed by atoms with Gasteiger partial charge in [0.15, 0.2) is 5.11 Å². The number of benzene rings is 1. The van der Waals surface area contributed by atoms with Gasteiger partial charge in [0.05, 0.1) is 5.41 Å². The van der Waals surface area contributed by atoms with Crippen molar-refractivity contribution in [2.45, 2.75) is 17.7 Å². The normalized spacial score (nSPS) is 23.5. The lowest BCUT2D eigenvalue weighted by molar-refractivity contribution is -0.124. The fraction of sp³-hybridized carbons (Fsp3) is 0.333. The average molecular weight is 319 g/mol. The molecule has 1 atom stereocenters. The number of phenols is 1. The molecule has 0 bridgehead atoms. The fourth-order valence-electron chi connectivity index (χ4n) is 1.63. The summed E-state index contributed by atoms with van der Waals surface area (Å²) in [5, 5.41) is 14.8. The molecule has 1 saturated carbocycles. The summed E-state index contributed by atoms with van der Waals surface area (Å²) in [6.45, 7) is 1.68. The number of carbonyl (C=O) groups is 1. The third-order valence-electron chi connectivity index (χ3n) is 3.09. The molecule has 0 radical (unpaired) electrons. The summed E-state index contributed by atoms with van der Waals surface area (Å²) >= 11 is 16.8. The largest absolute Gasteiger partial charge is 0.508 e. The van der Waals surface area contributed by atoms with E-state index >= 15 is 0 Å². The van der Waals surface area contributed by atoms with Crippen molar-refractivity contribution in [3.8, 4) is 5.75 Å². The van der Waals surface area contributed by atoms with Crippen LogP contribution in [0.5, 0.6) is 5.75 Å². The van der Waals surface area contributed by atoms with Crippen molar-refractivity contribution >= 4 is 52.1 Å². The van der Waals surface area contributed by atoms with Gasteiger partial charge in [-0.15, -0.1) is 23.2 Å². The van der Waals surface area contributed by atoms with E-state index in [4.69, 9.17) is 35.4 Å². The molecule has 1 unspecified atom stereocenters. The van der Waals surface area contributed by atoms with Gasteiger partial charge in [0.25, 0.3) is 0 Å². The first-order valence-electron chi connectivity index (χ1n) is 5.54. The monoisotopic (exact) mass is 318 g/mol. The number of nitrogens with one attached hydrogen (secondary N) is 2. The van der Waals surface area contributed by atoms with Crippen LogP contribution in [0.1, 0.15) is 13.3 Å². The number of hydrogen-bond acceptors (Lipinski definition) is 3. The van der Waals surface area contributed by atoms with Crippen LogP contribution >= 0.6 is 35.4 Å². The predicted molar refractivity (Wildman–Crippen MR) is 79.6 cm³/mol. The molecule has 0 aromatic heterocycles. The van der Waals surface area contributed by atoms with Gasteiger partial charge in [0, 0.05) is 11.8 Å². The van der Waals surface area contributed by atoms with Crippen LogP contribution in [0.25, 0.3) is 0 Å². The van der Waals surface area contributed by atoms with Crippen LogP contribution in [0.15, 0.2) is 24.3 Å². The first-order chi connectivity index (χ1) is 8.74. The SMILES string of the molecule is CC1(C(=O)NC(=S)Nc2cccc(O)c2)CC1(Cl)Cl. The number of rotatable bonds is 2. The first-order valence-corrected chi connectivity index (χ1v) is 6.70. The van der Waals surface area contributed by atoms with Crippen LogP contribution in [-0.4, -0.2) is 20.5 Å². The van der Waals surface area contributed by atoms with Crippen molar-refractivity contribution in [1.29, 1.82) is 0 Å². The maximum absolute atomic E-state index is 12.0. The van der Waals surface area contributed by atoms with Crippen molar-refractivity contribution in [2.75, 3.05) is 5.32 Å². The molecule has 1 aromatic carbocycles. The van der Waals surface area contributed by atoms with Gasteiger partial charge >= 0.3 is 0 Å². The second-order valence-corrected chi connectivity index (χ2v) is 6.56. The molecule has 4 nitrogen and oxygen atoms in total. The standard InChI is InChI=1S/C12H12Cl2N2O2S/c1-11(6-12(11,13)14)9(18)16-10(19)15-7-3-2-4-8(17)5-7/h2-5,17H,6H2,1H3,(H2,15,16,18,19). The zero-order valence-electron chi connectivity index (χ0n) is 10.0. The molecule has 19 heavy (non-hydrogen) atoms. The minimum atomic E-state index is -1.03. The highest BCUT2D eigenvalue weighted by molar-refractivity contribution is 7.80. The maximum Gasteiger partial charge on any atom is 0.235 e. The highest BCUT2D eigenvalue weighted by atomic mass is 35.5. The Balaban J connectivity index is 1.94. The van der Waals surface area contributed by atoms with Gasteiger partial charge in [0.1, 0.15) is 10.1 Å². The van der Waals surface area contributed by atoms with Crippen LogP contribution in [-0.2, 0) is 4.79 Å². The van der Waals surface area contributed by atoms with Crippen LogP contribution < -0.4 is 10.6 Å². The molecule has 1 aliphatic rings. The van der Waals surface area contributed by atoms with Crippen LogP contribution in [0, 0.1) is 5.41 Å². The van der Waals surface area contributed by atoms with Crippen molar-refractivity contribution in [3.05, 3.63) is 24.3 Å². The molecule has 3 N–H and O–H groups in total. The number of anilines is 1. The first kappa shape index (κ1) is 14.4. The molecule has 0 aliphatic heterocycles. The Morgan fingerprint density at radius 3 is 2.63 bits per heavy atom. The minimum absolute atomic E-state index is 0.105. The van der Waals surface area contributed by atoms with Gasteiger partial charge in [-0.1, -0.05) is 6.07 Å². The van der Waals surface area contributed by atoms with Gasteiger partial charge in [-0.05, 0) is 37.7 Å². The summed E-state index contributed by atoms with van der Waals surface area (Å²) in [6, 6.07) is 6.40. The van der Waals surface area contributed by atoms with Crippen molar-refractivity contribution in [2.24, 2.45) is 5.41 Å². The lowest BCUT2D eigenvalue weighted by Gasteiger charge is -2.14. The second-order valence-electron chi connectivity index (χ2n) is 4.67. The number of alkyl halides is 2. The molecule has 0 saturated heterocycles. The lowest BCUT2D eigenvalue weighted by atomic mass is 10.1. The number of aromatic hydroxyl groups is 1. The Hall–Kier alpha value is -1.04. The Labute approximate surface area is 126 Å². The van der Waals surface area contributed by atoms with E-state index in [9.17, 15) is 9.90 Å². The molecule has 2 rings (SSSR count). The highest BCUT2D eigenvalue weighted by Gasteiger charge is 2.68. The molecule has 0 heterocycles. The predicted octanol–water partition coefficient (Wildman–Crippen LogP) is 2.79. The van der Waals surface area contributed by atoms with Gasteiger partial charge < -0.3 is 15.7 Å². The Morgan fingerprint density at radius 2 is 2.11 bits per heavy atom. The minimum Gasteiger partial charge on any atom is -0.508 e. The van der Waals surface area contributed by atoms with Gasteiger partial charge in [-0.25, -0.2) is 0 Å². The zero-order valence-corrected chi connectivity index (χ0v) is 12.4. The fourth-order valence-corrected chi connectivity index (χ4v) is 2.55. The Kier molecular flexibility index (Phi) is 3.64. The average Bonchev–Trinajstić information content (AvgIpc) is 2.79. The summed E-state index contributed by atoms with van der Waals surface area (Å²) in [5.74, 6) is -0.219. The van der Waals surface area contributed by atoms with E-state index in [0.717, 1.165) is 0 Å². The maximum atomic E-state index is 12.0. The summed E-state index contributed by atoms with van der Waals surface area (Å²) in [4.78, 5) is 12.0. The van der Waals surface area contributed by atoms with E-state index in [1.807, 2.05) is 0 Å². The van der Waals surface area contributed by atoms with E-state index in [0.29, 0.717) is 12.1 Å². The van der Waals surface area contributed by atoms with E-state index in [1.54, 1.807) is 19.1 Å². The number of carbonyl (C=O) groups excluding carboxylic acids is 1. The van der Waals surface area contributed by atoms with Crippen LogP contribution in [0.2, 0.25) is 0 Å². The molecule has 1 aromatic rings. The molecule has 1 fully saturated rings. The molecular weight excluding hydrogens is 307 g/mol. The number of phenolic OH excluding ortho intramolecular Hbond substituents is 1. The summed E-state index contributed by atoms with van der Waals surface area (Å²) in [6.07, 6.45) is 0.393. The van der Waals surface area contributed by atoms with E-state index in [1.165, 1.54) is 12.1 Å². The van der Waals surface area contributed by atoms with Gasteiger partial charge in [-0.3, -0.25) is 4.79 Å². The molecule has 102 valence electrons. The third kappa shape index (κ3) is 2.94. The molecule has 1 aliphatic carbocycles. The van der Waals surface area contributed by atoms with Crippen LogP contribution in [0.3, 0.4) is 0 Å². The van der Waals surface area contributed by atoms with E-state index < -0.39 is 9.75 Å². The quantitative estimate of drug-likeness (QED) is 0.579. The Bertz CT molecular complexity index is 550. The van der Waals surface area contributed by atoms with Gasteiger partial charge in [-0.2, -0.15) is 0 Å². The third-order valence-corrected chi connectivity index (χ3v) is 4.40. The van der Waals surface area contributed by atoms with Crippen LogP contribution in [0.4, 0.5) is 5.69 Å². The van der Waals surface area contributed by atoms with E-state index in [-0.39, 0.29) is 16.8 Å². The van der Waals surface area contributed by atoms with Crippen molar-refractivity contribution in [3.63, 3.8) is 0 Å². The molecular formula is C12H12Cl2N2O2S. The molecule has 7 heteroatoms. The lowest BCUT2D eigenvalue weighted by Crippen LogP contribution is -2.40. The van der Waals surface area contributed by atoms with E-state index in [2.05, 4.69) is 10.6 Å². The number of thiocarbonyl (C=S) groups is 1. The summed E-state index contributed by atoms with van der Waals surface area (Å²) < 4.78 is -1.03. The summed E-state index contributed by atoms with van der Waals surface area (Å²) in [7, 11) is 0. The second kappa shape index (κ2) is 4.81. The number of amides is 1. The highest BCUT2D eigenvalue weighted by Crippen LogP contribution is 2.63. The number of halogens is 2. The molecule has 1 amide bonds. The van der Waals surface area contributed by atoms with Crippen molar-refractivity contribution in [1.82, 2.24) is 5.32 Å². The topological polar surface area (TPSA) is 61.4 Å². The summed E-state index contributed by atoms with van der Waals surface area (Å²) in [5.41, 5.74) is -0.241. The zero-order chi connectivity index (χ0) is 14.3.